The summed E-state index contributed by atoms with van der Waals surface area (Å²) in [5.74, 6) is -0.189. The van der Waals surface area contributed by atoms with Crippen molar-refractivity contribution in [2.45, 2.75) is 20.3 Å². The van der Waals surface area contributed by atoms with Gasteiger partial charge in [0.25, 0.3) is 0 Å². The molecule has 0 saturated carbocycles. The first-order valence-electron chi connectivity index (χ1n) is 6.16. The third-order valence-corrected chi connectivity index (χ3v) is 3.01. The predicted octanol–water partition coefficient (Wildman–Crippen LogP) is 3.39. The number of aryl methyl sites for hydroxylation is 1. The third-order valence-electron chi connectivity index (χ3n) is 3.01. The number of benzene rings is 1. The summed E-state index contributed by atoms with van der Waals surface area (Å²) in [6.45, 7) is 3.51. The van der Waals surface area contributed by atoms with Gasteiger partial charge >= 0.3 is 0 Å². The minimum Gasteiger partial charge on any atom is -0.293 e. The van der Waals surface area contributed by atoms with Crippen molar-refractivity contribution in [1.29, 1.82) is 5.26 Å². The normalized spacial score (nSPS) is 9.95. The molecule has 0 atom stereocenters. The Morgan fingerprint density at radius 3 is 2.74 bits per heavy atom. The number of pyridine rings is 1. The Kier molecular flexibility index (Phi) is 3.72. The van der Waals surface area contributed by atoms with Crippen LogP contribution in [-0.4, -0.2) is 10.8 Å². The maximum Gasteiger partial charge on any atom is 0.179 e. The van der Waals surface area contributed by atoms with Gasteiger partial charge in [-0.05, 0) is 23.6 Å². The molecular formula is C16H14N2O. The maximum atomic E-state index is 11.4. The molecule has 0 fully saturated rings. The number of carbonyl (C=O) groups is 1. The number of aromatic nitrogens is 1. The minimum atomic E-state index is -0.189. The van der Waals surface area contributed by atoms with Crippen molar-refractivity contribution in [3.8, 4) is 17.2 Å². The van der Waals surface area contributed by atoms with Gasteiger partial charge in [0.05, 0.1) is 5.56 Å². The van der Waals surface area contributed by atoms with Crippen molar-refractivity contribution >= 4 is 5.78 Å². The maximum absolute atomic E-state index is 11.4. The second-order valence-corrected chi connectivity index (χ2v) is 4.34. The van der Waals surface area contributed by atoms with Gasteiger partial charge < -0.3 is 0 Å². The van der Waals surface area contributed by atoms with Crippen LogP contribution in [0.4, 0.5) is 0 Å². The molecule has 1 aromatic carbocycles. The van der Waals surface area contributed by atoms with E-state index in [0.717, 1.165) is 17.5 Å². The summed E-state index contributed by atoms with van der Waals surface area (Å²) >= 11 is 0. The molecular weight excluding hydrogens is 236 g/mol. The van der Waals surface area contributed by atoms with E-state index in [1.165, 1.54) is 12.5 Å². The zero-order chi connectivity index (χ0) is 13.8. The van der Waals surface area contributed by atoms with Gasteiger partial charge in [0.15, 0.2) is 5.78 Å². The van der Waals surface area contributed by atoms with Gasteiger partial charge in [-0.15, -0.1) is 0 Å². The SMILES string of the molecule is CCc1cccc(-c2cnc(C(C)=O)c(C#N)c2)c1. The Morgan fingerprint density at radius 2 is 2.11 bits per heavy atom. The topological polar surface area (TPSA) is 53.8 Å². The number of rotatable bonds is 3. The summed E-state index contributed by atoms with van der Waals surface area (Å²) in [5, 5.41) is 9.10. The summed E-state index contributed by atoms with van der Waals surface area (Å²) in [5.41, 5.74) is 3.66. The van der Waals surface area contributed by atoms with Gasteiger partial charge in [-0.3, -0.25) is 9.78 Å². The van der Waals surface area contributed by atoms with E-state index in [1.54, 1.807) is 12.3 Å². The molecule has 0 bridgehead atoms. The molecule has 0 amide bonds. The van der Waals surface area contributed by atoms with Crippen LogP contribution in [-0.2, 0) is 6.42 Å². The second kappa shape index (κ2) is 5.45. The van der Waals surface area contributed by atoms with Crippen LogP contribution >= 0.6 is 0 Å². The molecule has 0 radical (unpaired) electrons. The fourth-order valence-electron chi connectivity index (χ4n) is 1.96. The van der Waals surface area contributed by atoms with E-state index < -0.39 is 0 Å². The lowest BCUT2D eigenvalue weighted by molar-refractivity contribution is 0.101. The molecule has 94 valence electrons. The number of Topliss-reactive ketones (excluding diaryl/α,β-unsaturated/α-hetero) is 1. The van der Waals surface area contributed by atoms with Gasteiger partial charge in [0.2, 0.25) is 0 Å². The van der Waals surface area contributed by atoms with Gasteiger partial charge in [0, 0.05) is 18.7 Å². The second-order valence-electron chi connectivity index (χ2n) is 4.34. The average molecular weight is 250 g/mol. The molecule has 3 nitrogen and oxygen atoms in total. The molecule has 0 saturated heterocycles. The molecule has 19 heavy (non-hydrogen) atoms. The van der Waals surface area contributed by atoms with E-state index in [0.29, 0.717) is 5.56 Å². The molecule has 0 unspecified atom stereocenters. The van der Waals surface area contributed by atoms with Crippen LogP contribution in [0.25, 0.3) is 11.1 Å². The highest BCUT2D eigenvalue weighted by molar-refractivity contribution is 5.95. The molecule has 3 heteroatoms. The first-order valence-corrected chi connectivity index (χ1v) is 6.16. The molecule has 2 rings (SSSR count). The van der Waals surface area contributed by atoms with E-state index in [9.17, 15) is 4.79 Å². The van der Waals surface area contributed by atoms with E-state index in [2.05, 4.69) is 24.0 Å². The van der Waals surface area contributed by atoms with E-state index in [-0.39, 0.29) is 11.5 Å². The Balaban J connectivity index is 2.52. The van der Waals surface area contributed by atoms with Gasteiger partial charge in [0.1, 0.15) is 11.8 Å². The van der Waals surface area contributed by atoms with Crippen molar-refractivity contribution in [3.05, 3.63) is 53.3 Å². The number of carbonyl (C=O) groups excluding carboxylic acids is 1. The zero-order valence-corrected chi connectivity index (χ0v) is 11.0. The number of nitriles is 1. The predicted molar refractivity (Wildman–Crippen MR) is 73.8 cm³/mol. The summed E-state index contributed by atoms with van der Waals surface area (Å²) in [7, 11) is 0. The lowest BCUT2D eigenvalue weighted by Crippen LogP contribution is -2.01. The molecule has 0 N–H and O–H groups in total. The molecule has 0 spiro atoms. The van der Waals surface area contributed by atoms with Crippen LogP contribution in [0.5, 0.6) is 0 Å². The number of nitrogens with zero attached hydrogens (tertiary/aromatic N) is 2. The van der Waals surface area contributed by atoms with Crippen LogP contribution in [0.1, 0.15) is 35.5 Å². The Bertz CT molecular complexity index is 669. The number of ketones is 1. The first-order chi connectivity index (χ1) is 9.15. The molecule has 0 aliphatic rings. The monoisotopic (exact) mass is 250 g/mol. The highest BCUT2D eigenvalue weighted by Crippen LogP contribution is 2.22. The van der Waals surface area contributed by atoms with Gasteiger partial charge in [-0.25, -0.2) is 0 Å². The molecule has 1 aromatic heterocycles. The zero-order valence-electron chi connectivity index (χ0n) is 11.0. The summed E-state index contributed by atoms with van der Waals surface area (Å²) in [4.78, 5) is 15.5. The minimum absolute atomic E-state index is 0.189. The van der Waals surface area contributed by atoms with Crippen LogP contribution < -0.4 is 0 Å². The fraction of sp³-hybridized carbons (Fsp3) is 0.188. The van der Waals surface area contributed by atoms with Crippen molar-refractivity contribution < 1.29 is 4.79 Å². The highest BCUT2D eigenvalue weighted by atomic mass is 16.1. The van der Waals surface area contributed by atoms with Crippen LogP contribution in [0, 0.1) is 11.3 Å². The van der Waals surface area contributed by atoms with E-state index >= 15 is 0 Å². The first kappa shape index (κ1) is 13.0. The summed E-state index contributed by atoms with van der Waals surface area (Å²) in [6, 6.07) is 11.9. The highest BCUT2D eigenvalue weighted by Gasteiger charge is 2.10. The third kappa shape index (κ3) is 2.69. The van der Waals surface area contributed by atoms with E-state index in [1.807, 2.05) is 18.2 Å². The standard InChI is InChI=1S/C16H14N2O/c1-3-12-5-4-6-13(7-12)15-8-14(9-17)16(11(2)19)18-10-15/h4-8,10H,3H2,1-2H3. The smallest absolute Gasteiger partial charge is 0.179 e. The number of hydrogen-bond donors (Lipinski definition) is 0. The lowest BCUT2D eigenvalue weighted by Gasteiger charge is -2.06. The Hall–Kier alpha value is -2.47. The lowest BCUT2D eigenvalue weighted by atomic mass is 10.0. The van der Waals surface area contributed by atoms with Gasteiger partial charge in [-0.2, -0.15) is 5.26 Å². The van der Waals surface area contributed by atoms with Crippen molar-refractivity contribution in [2.75, 3.05) is 0 Å². The Labute approximate surface area is 112 Å². The molecule has 2 aromatic rings. The average Bonchev–Trinajstić information content (AvgIpc) is 2.46. The Morgan fingerprint density at radius 1 is 1.32 bits per heavy atom. The van der Waals surface area contributed by atoms with E-state index in [4.69, 9.17) is 5.26 Å². The molecule has 1 heterocycles. The van der Waals surface area contributed by atoms with Crippen molar-refractivity contribution in [3.63, 3.8) is 0 Å². The van der Waals surface area contributed by atoms with Crippen LogP contribution in [0.15, 0.2) is 36.5 Å². The summed E-state index contributed by atoms with van der Waals surface area (Å²) in [6.07, 6.45) is 2.60. The van der Waals surface area contributed by atoms with Gasteiger partial charge in [-0.1, -0.05) is 31.2 Å². The molecule has 0 aliphatic heterocycles. The van der Waals surface area contributed by atoms with Crippen LogP contribution in [0.2, 0.25) is 0 Å². The fourth-order valence-corrected chi connectivity index (χ4v) is 1.96. The van der Waals surface area contributed by atoms with Crippen molar-refractivity contribution in [1.82, 2.24) is 4.98 Å². The number of hydrogen-bond acceptors (Lipinski definition) is 3. The van der Waals surface area contributed by atoms with Crippen molar-refractivity contribution in [2.24, 2.45) is 0 Å². The van der Waals surface area contributed by atoms with Crippen LogP contribution in [0.3, 0.4) is 0 Å². The summed E-state index contributed by atoms with van der Waals surface area (Å²) < 4.78 is 0. The quantitative estimate of drug-likeness (QED) is 0.784. The largest absolute Gasteiger partial charge is 0.293 e. The molecule has 0 aliphatic carbocycles.